The third kappa shape index (κ3) is 3.91. The molecule has 1 heterocycles. The van der Waals surface area contributed by atoms with Crippen LogP contribution in [0.2, 0.25) is 0 Å². The average molecular weight is 255 g/mol. The van der Waals surface area contributed by atoms with Gasteiger partial charge in [0, 0.05) is 6.54 Å². The summed E-state index contributed by atoms with van der Waals surface area (Å²) in [7, 11) is 0. The van der Waals surface area contributed by atoms with E-state index in [-0.39, 0.29) is 5.75 Å². The molecule has 1 aromatic heterocycles. The minimum atomic E-state index is -0.862. The molecule has 0 radical (unpaired) electrons. The Morgan fingerprint density at radius 3 is 2.88 bits per heavy atom. The van der Waals surface area contributed by atoms with Crippen molar-refractivity contribution in [1.29, 1.82) is 0 Å². The highest BCUT2D eigenvalue weighted by molar-refractivity contribution is 7.99. The van der Waals surface area contributed by atoms with Gasteiger partial charge in [-0.25, -0.2) is 4.79 Å². The number of urea groups is 1. The number of allylic oxidation sites excluding steroid dienone is 1. The van der Waals surface area contributed by atoms with E-state index in [1.54, 1.807) is 6.08 Å². The van der Waals surface area contributed by atoms with E-state index in [9.17, 15) is 9.59 Å². The number of carbonyl (C=O) groups is 2. The number of thioether (sulfide) groups is 1. The van der Waals surface area contributed by atoms with E-state index in [1.165, 1.54) is 11.8 Å². The molecular formula is C9H13N5O2S. The number of primary amides is 1. The number of carbonyl (C=O) groups excluding carboxylic acids is 2. The molecule has 0 aliphatic rings. The Morgan fingerprint density at radius 1 is 1.59 bits per heavy atom. The lowest BCUT2D eigenvalue weighted by atomic mass is 10.6. The van der Waals surface area contributed by atoms with Crippen LogP contribution >= 0.6 is 11.8 Å². The summed E-state index contributed by atoms with van der Waals surface area (Å²) in [4.78, 5) is 21.6. The minimum absolute atomic E-state index is 0.0538. The number of hydrogen-bond donors (Lipinski definition) is 2. The van der Waals surface area contributed by atoms with Crippen LogP contribution in [0.4, 0.5) is 4.79 Å². The van der Waals surface area contributed by atoms with Gasteiger partial charge in [0.1, 0.15) is 5.82 Å². The molecule has 17 heavy (non-hydrogen) atoms. The molecule has 0 aliphatic heterocycles. The summed E-state index contributed by atoms with van der Waals surface area (Å²) in [6.45, 7) is 6.00. The second-order valence-corrected chi connectivity index (χ2v) is 4.07. The molecule has 0 unspecified atom stereocenters. The minimum Gasteiger partial charge on any atom is -0.351 e. The number of amides is 3. The van der Waals surface area contributed by atoms with Crippen LogP contribution in [0.3, 0.4) is 0 Å². The van der Waals surface area contributed by atoms with Crippen LogP contribution in [0.1, 0.15) is 5.82 Å². The summed E-state index contributed by atoms with van der Waals surface area (Å²) in [5.41, 5.74) is 4.82. The molecular weight excluding hydrogens is 242 g/mol. The van der Waals surface area contributed by atoms with Gasteiger partial charge in [0.15, 0.2) is 5.16 Å². The van der Waals surface area contributed by atoms with Gasteiger partial charge in [-0.1, -0.05) is 17.8 Å². The molecule has 0 fully saturated rings. The summed E-state index contributed by atoms with van der Waals surface area (Å²) in [5.74, 6) is 0.328. The van der Waals surface area contributed by atoms with Crippen molar-refractivity contribution >= 4 is 23.7 Å². The molecule has 3 amide bonds. The smallest absolute Gasteiger partial charge is 0.318 e. The predicted octanol–water partition coefficient (Wildman–Crippen LogP) is 0.0595. The van der Waals surface area contributed by atoms with E-state index < -0.39 is 11.9 Å². The lowest BCUT2D eigenvalue weighted by Gasteiger charge is -2.04. The first-order valence-electron chi connectivity index (χ1n) is 4.77. The van der Waals surface area contributed by atoms with Gasteiger partial charge in [-0.2, -0.15) is 0 Å². The van der Waals surface area contributed by atoms with Crippen LogP contribution in [-0.4, -0.2) is 32.5 Å². The number of hydrogen-bond acceptors (Lipinski definition) is 5. The normalized spacial score (nSPS) is 9.94. The van der Waals surface area contributed by atoms with Crippen LogP contribution in [-0.2, 0) is 11.3 Å². The van der Waals surface area contributed by atoms with E-state index in [1.807, 2.05) is 16.8 Å². The molecule has 0 spiro atoms. The van der Waals surface area contributed by atoms with Gasteiger partial charge in [0.25, 0.3) is 0 Å². The third-order valence-electron chi connectivity index (χ3n) is 1.81. The molecule has 0 saturated carbocycles. The van der Waals surface area contributed by atoms with Gasteiger partial charge >= 0.3 is 6.03 Å². The van der Waals surface area contributed by atoms with E-state index in [4.69, 9.17) is 5.73 Å². The molecule has 1 rings (SSSR count). The first-order valence-corrected chi connectivity index (χ1v) is 5.76. The highest BCUT2D eigenvalue weighted by atomic mass is 32.2. The summed E-state index contributed by atoms with van der Waals surface area (Å²) in [6, 6.07) is -0.862. The standard InChI is InChI=1S/C9H13N5O2S/c1-3-4-14-6(2)12-13-9(14)17-5-7(15)11-8(10)16/h3H,1,4-5H2,2H3,(H3,10,11,15,16). The largest absolute Gasteiger partial charge is 0.351 e. The van der Waals surface area contributed by atoms with E-state index in [0.717, 1.165) is 5.82 Å². The quantitative estimate of drug-likeness (QED) is 0.572. The Kier molecular flexibility index (Phi) is 4.70. The number of imide groups is 1. The summed E-state index contributed by atoms with van der Waals surface area (Å²) < 4.78 is 1.81. The molecule has 0 aliphatic carbocycles. The van der Waals surface area contributed by atoms with Gasteiger partial charge in [0.05, 0.1) is 5.75 Å². The maximum atomic E-state index is 11.2. The zero-order valence-electron chi connectivity index (χ0n) is 9.34. The van der Waals surface area contributed by atoms with Crippen LogP contribution in [0.5, 0.6) is 0 Å². The van der Waals surface area contributed by atoms with Crippen molar-refractivity contribution in [2.45, 2.75) is 18.6 Å². The van der Waals surface area contributed by atoms with Gasteiger partial charge in [-0.15, -0.1) is 16.8 Å². The van der Waals surface area contributed by atoms with Crippen LogP contribution < -0.4 is 11.1 Å². The molecule has 0 bridgehead atoms. The number of aromatic nitrogens is 3. The van der Waals surface area contributed by atoms with Gasteiger partial charge in [0.2, 0.25) is 5.91 Å². The zero-order chi connectivity index (χ0) is 12.8. The monoisotopic (exact) mass is 255 g/mol. The number of nitrogens with two attached hydrogens (primary N) is 1. The second-order valence-electron chi connectivity index (χ2n) is 3.13. The van der Waals surface area contributed by atoms with Crippen molar-refractivity contribution in [3.63, 3.8) is 0 Å². The SMILES string of the molecule is C=CCn1c(C)nnc1SCC(=O)NC(N)=O. The topological polar surface area (TPSA) is 103 Å². The summed E-state index contributed by atoms with van der Waals surface area (Å²) in [5, 5.41) is 10.4. The Bertz CT molecular complexity index is 443. The highest BCUT2D eigenvalue weighted by Crippen LogP contribution is 2.16. The third-order valence-corrected chi connectivity index (χ3v) is 2.78. The molecule has 8 heteroatoms. The van der Waals surface area contributed by atoms with Crippen molar-refractivity contribution < 1.29 is 9.59 Å². The van der Waals surface area contributed by atoms with Crippen molar-refractivity contribution in [2.75, 3.05) is 5.75 Å². The fourth-order valence-corrected chi connectivity index (χ4v) is 1.90. The molecule has 92 valence electrons. The molecule has 0 atom stereocenters. The van der Waals surface area contributed by atoms with Crippen molar-refractivity contribution in [3.8, 4) is 0 Å². The maximum absolute atomic E-state index is 11.2. The van der Waals surface area contributed by atoms with Crippen LogP contribution in [0.15, 0.2) is 17.8 Å². The lowest BCUT2D eigenvalue weighted by Crippen LogP contribution is -2.36. The number of nitrogens with zero attached hydrogens (tertiary/aromatic N) is 3. The van der Waals surface area contributed by atoms with E-state index in [2.05, 4.69) is 16.8 Å². The number of rotatable bonds is 5. The molecule has 7 nitrogen and oxygen atoms in total. The Balaban J connectivity index is 2.60. The number of aryl methyl sites for hydroxylation is 1. The van der Waals surface area contributed by atoms with Gasteiger partial charge in [-0.05, 0) is 6.92 Å². The molecule has 0 saturated heterocycles. The van der Waals surface area contributed by atoms with Crippen LogP contribution in [0, 0.1) is 6.92 Å². The summed E-state index contributed by atoms with van der Waals surface area (Å²) in [6.07, 6.45) is 1.71. The average Bonchev–Trinajstić information content (AvgIpc) is 2.57. The van der Waals surface area contributed by atoms with Crippen molar-refractivity contribution in [2.24, 2.45) is 5.73 Å². The molecule has 0 aromatic carbocycles. The Morgan fingerprint density at radius 2 is 2.29 bits per heavy atom. The first kappa shape index (κ1) is 13.2. The van der Waals surface area contributed by atoms with E-state index in [0.29, 0.717) is 11.7 Å². The Hall–Kier alpha value is -1.83. The lowest BCUT2D eigenvalue weighted by molar-refractivity contribution is -0.117. The second kappa shape index (κ2) is 6.04. The van der Waals surface area contributed by atoms with E-state index >= 15 is 0 Å². The maximum Gasteiger partial charge on any atom is 0.318 e. The fraction of sp³-hybridized carbons (Fsp3) is 0.333. The number of nitrogens with one attached hydrogen (secondary N) is 1. The molecule has 3 N–H and O–H groups in total. The summed E-state index contributed by atoms with van der Waals surface area (Å²) >= 11 is 1.18. The first-order chi connectivity index (χ1) is 8.04. The molecule has 1 aromatic rings. The Labute approximate surface area is 102 Å². The highest BCUT2D eigenvalue weighted by Gasteiger charge is 2.11. The predicted molar refractivity (Wildman–Crippen MR) is 63.4 cm³/mol. The van der Waals surface area contributed by atoms with Crippen molar-refractivity contribution in [3.05, 3.63) is 18.5 Å². The fourth-order valence-electron chi connectivity index (χ4n) is 1.11. The van der Waals surface area contributed by atoms with Gasteiger partial charge < -0.3 is 10.3 Å². The van der Waals surface area contributed by atoms with Crippen molar-refractivity contribution in [1.82, 2.24) is 20.1 Å². The van der Waals surface area contributed by atoms with Gasteiger partial charge in [-0.3, -0.25) is 10.1 Å². The van der Waals surface area contributed by atoms with Crippen LogP contribution in [0.25, 0.3) is 0 Å². The zero-order valence-corrected chi connectivity index (χ0v) is 10.2.